The number of anilines is 1. The van der Waals surface area contributed by atoms with Crippen molar-refractivity contribution in [1.29, 1.82) is 0 Å². The summed E-state index contributed by atoms with van der Waals surface area (Å²) >= 11 is 12.0. The summed E-state index contributed by atoms with van der Waals surface area (Å²) in [4.78, 5) is 37.8. The summed E-state index contributed by atoms with van der Waals surface area (Å²) in [5, 5.41) is 5.84. The van der Waals surface area contributed by atoms with E-state index in [1.165, 1.54) is 19.2 Å². The molecule has 2 amide bonds. The molecule has 1 heterocycles. The second kappa shape index (κ2) is 10.5. The van der Waals surface area contributed by atoms with Crippen molar-refractivity contribution in [3.8, 4) is 5.75 Å². The van der Waals surface area contributed by atoms with Crippen LogP contribution in [0.15, 0.2) is 47.7 Å². The van der Waals surface area contributed by atoms with Crippen LogP contribution in [-0.4, -0.2) is 38.3 Å². The first-order valence-electron chi connectivity index (χ1n) is 9.78. The maximum Gasteiger partial charge on any atom is 0.342 e. The van der Waals surface area contributed by atoms with E-state index in [1.54, 1.807) is 31.2 Å². The van der Waals surface area contributed by atoms with E-state index in [0.717, 1.165) is 0 Å². The lowest BCUT2D eigenvalue weighted by atomic mass is 9.95. The van der Waals surface area contributed by atoms with Gasteiger partial charge in [-0.15, -0.1) is 0 Å². The minimum absolute atomic E-state index is 0.0319. The van der Waals surface area contributed by atoms with Gasteiger partial charge in [0.05, 0.1) is 41.7 Å². The molecule has 1 unspecified atom stereocenters. The third-order valence-corrected chi connectivity index (χ3v) is 5.32. The van der Waals surface area contributed by atoms with E-state index in [0.29, 0.717) is 10.6 Å². The number of nitrogen functional groups attached to an aromatic ring is 1. The van der Waals surface area contributed by atoms with Crippen molar-refractivity contribution >= 4 is 46.9 Å². The van der Waals surface area contributed by atoms with Crippen molar-refractivity contribution in [1.82, 2.24) is 10.6 Å². The molecule has 33 heavy (non-hydrogen) atoms. The van der Waals surface area contributed by atoms with E-state index in [1.807, 2.05) is 0 Å². The number of nitrogens with one attached hydrogen (secondary N) is 2. The monoisotopic (exact) mass is 493 g/mol. The van der Waals surface area contributed by atoms with E-state index in [-0.39, 0.29) is 39.9 Å². The van der Waals surface area contributed by atoms with Gasteiger partial charge in [0, 0.05) is 11.1 Å². The summed E-state index contributed by atoms with van der Waals surface area (Å²) < 4.78 is 15.7. The van der Waals surface area contributed by atoms with Crippen LogP contribution in [0.3, 0.4) is 0 Å². The van der Waals surface area contributed by atoms with Crippen LogP contribution in [0.4, 0.5) is 10.5 Å². The molecular weight excluding hydrogens is 473 g/mol. The molecule has 1 aliphatic heterocycles. The van der Waals surface area contributed by atoms with Crippen LogP contribution in [0, 0.1) is 0 Å². The number of methoxy groups -OCH3 is 1. The summed E-state index contributed by atoms with van der Waals surface area (Å²) in [5.74, 6) is -1.31. The number of hydrogen-bond donors (Lipinski definition) is 3. The Labute approximate surface area is 199 Å². The topological polar surface area (TPSA) is 129 Å². The average molecular weight is 494 g/mol. The number of urea groups is 1. The Morgan fingerprint density at radius 2 is 1.79 bits per heavy atom. The molecule has 11 heteroatoms. The number of rotatable bonds is 7. The fraction of sp³-hybridized carbons (Fsp3) is 0.227. The van der Waals surface area contributed by atoms with Crippen LogP contribution in [0.25, 0.3) is 0 Å². The Balaban J connectivity index is 1.95. The SMILES string of the molecule is CCOC(=O)C1=C(COC(=O)c2cc(Cl)c(N)cc2OC)NC(=O)NC1c1ccc(Cl)cc1. The molecule has 0 fully saturated rings. The maximum absolute atomic E-state index is 12.8. The molecule has 4 N–H and O–H groups in total. The van der Waals surface area contributed by atoms with Crippen molar-refractivity contribution < 1.29 is 28.6 Å². The molecule has 174 valence electrons. The number of amides is 2. The predicted molar refractivity (Wildman–Crippen MR) is 122 cm³/mol. The lowest BCUT2D eigenvalue weighted by Gasteiger charge is -2.29. The number of halogens is 2. The average Bonchev–Trinajstić information content (AvgIpc) is 2.79. The third-order valence-electron chi connectivity index (χ3n) is 4.74. The Hall–Kier alpha value is -3.43. The minimum Gasteiger partial charge on any atom is -0.496 e. The van der Waals surface area contributed by atoms with Gasteiger partial charge in [-0.1, -0.05) is 35.3 Å². The Morgan fingerprint density at radius 3 is 2.42 bits per heavy atom. The first kappa shape index (κ1) is 24.2. The molecule has 0 radical (unpaired) electrons. The molecule has 0 saturated carbocycles. The van der Waals surface area contributed by atoms with Gasteiger partial charge in [0.1, 0.15) is 17.9 Å². The lowest BCUT2D eigenvalue weighted by Crippen LogP contribution is -2.47. The number of hydrogen-bond acceptors (Lipinski definition) is 7. The van der Waals surface area contributed by atoms with Gasteiger partial charge >= 0.3 is 18.0 Å². The van der Waals surface area contributed by atoms with Gasteiger partial charge in [-0.05, 0) is 30.7 Å². The first-order valence-corrected chi connectivity index (χ1v) is 10.5. The minimum atomic E-state index is -0.843. The molecule has 1 atom stereocenters. The van der Waals surface area contributed by atoms with E-state index < -0.39 is 30.6 Å². The number of esters is 2. The van der Waals surface area contributed by atoms with Crippen LogP contribution in [0.1, 0.15) is 28.9 Å². The molecule has 3 rings (SSSR count). The number of carbonyl (C=O) groups excluding carboxylic acids is 3. The highest BCUT2D eigenvalue weighted by molar-refractivity contribution is 6.33. The Morgan fingerprint density at radius 1 is 1.09 bits per heavy atom. The molecular formula is C22H21Cl2N3O6. The van der Waals surface area contributed by atoms with Crippen molar-refractivity contribution in [2.24, 2.45) is 0 Å². The van der Waals surface area contributed by atoms with Crippen molar-refractivity contribution in [2.75, 3.05) is 26.1 Å². The van der Waals surface area contributed by atoms with Gasteiger partial charge in [0.15, 0.2) is 0 Å². The first-order chi connectivity index (χ1) is 15.7. The predicted octanol–water partition coefficient (Wildman–Crippen LogP) is 3.61. The maximum atomic E-state index is 12.8. The normalized spacial score (nSPS) is 15.4. The fourth-order valence-corrected chi connectivity index (χ4v) is 3.49. The molecule has 0 aromatic heterocycles. The molecule has 2 aromatic carbocycles. The zero-order valence-electron chi connectivity index (χ0n) is 17.7. The second-order valence-corrected chi connectivity index (χ2v) is 7.69. The van der Waals surface area contributed by atoms with Crippen LogP contribution in [0.5, 0.6) is 5.75 Å². The zero-order chi connectivity index (χ0) is 24.1. The Bertz CT molecular complexity index is 1120. The van der Waals surface area contributed by atoms with E-state index in [2.05, 4.69) is 10.6 Å². The summed E-state index contributed by atoms with van der Waals surface area (Å²) in [5.41, 5.74) is 6.77. The number of nitrogens with two attached hydrogens (primary N) is 1. The van der Waals surface area contributed by atoms with Gasteiger partial charge in [0.25, 0.3) is 0 Å². The number of carbonyl (C=O) groups is 3. The quantitative estimate of drug-likeness (QED) is 0.396. The van der Waals surface area contributed by atoms with Crippen LogP contribution >= 0.6 is 23.2 Å². The van der Waals surface area contributed by atoms with Gasteiger partial charge < -0.3 is 30.6 Å². The smallest absolute Gasteiger partial charge is 0.342 e. The molecule has 1 aliphatic rings. The molecule has 0 spiro atoms. The molecule has 0 bridgehead atoms. The van der Waals surface area contributed by atoms with E-state index >= 15 is 0 Å². The van der Waals surface area contributed by atoms with Crippen molar-refractivity contribution in [3.05, 3.63) is 68.8 Å². The van der Waals surface area contributed by atoms with Gasteiger partial charge in [-0.3, -0.25) is 0 Å². The zero-order valence-corrected chi connectivity index (χ0v) is 19.3. The third kappa shape index (κ3) is 5.50. The van der Waals surface area contributed by atoms with Gasteiger partial charge in [0.2, 0.25) is 0 Å². The van der Waals surface area contributed by atoms with Gasteiger partial charge in [-0.25, -0.2) is 14.4 Å². The molecule has 2 aromatic rings. The van der Waals surface area contributed by atoms with Crippen molar-refractivity contribution in [3.63, 3.8) is 0 Å². The molecule has 9 nitrogen and oxygen atoms in total. The number of benzene rings is 2. The highest BCUT2D eigenvalue weighted by Gasteiger charge is 2.34. The molecule has 0 saturated heterocycles. The largest absolute Gasteiger partial charge is 0.496 e. The summed E-state index contributed by atoms with van der Waals surface area (Å²) in [7, 11) is 1.37. The van der Waals surface area contributed by atoms with Crippen molar-refractivity contribution in [2.45, 2.75) is 13.0 Å². The van der Waals surface area contributed by atoms with E-state index in [9.17, 15) is 14.4 Å². The molecule has 0 aliphatic carbocycles. The van der Waals surface area contributed by atoms with Crippen LogP contribution in [-0.2, 0) is 14.3 Å². The standard InChI is InChI=1S/C22H21Cl2N3O6/c1-3-32-21(29)18-16(26-22(30)27-19(18)11-4-6-12(23)7-5-11)10-33-20(28)13-8-14(24)15(25)9-17(13)31-2/h4-9,19H,3,10,25H2,1-2H3,(H2,26,27,30). The van der Waals surface area contributed by atoms with Crippen LogP contribution < -0.4 is 21.1 Å². The highest BCUT2D eigenvalue weighted by Crippen LogP contribution is 2.31. The number of ether oxygens (including phenoxy) is 3. The summed E-state index contributed by atoms with van der Waals surface area (Å²) in [6.45, 7) is 1.34. The van der Waals surface area contributed by atoms with E-state index in [4.69, 9.17) is 43.1 Å². The second-order valence-electron chi connectivity index (χ2n) is 6.85. The van der Waals surface area contributed by atoms with Gasteiger partial charge in [-0.2, -0.15) is 0 Å². The fourth-order valence-electron chi connectivity index (χ4n) is 3.20. The summed E-state index contributed by atoms with van der Waals surface area (Å²) in [6.07, 6.45) is 0. The Kier molecular flexibility index (Phi) is 7.67. The van der Waals surface area contributed by atoms with Crippen LogP contribution in [0.2, 0.25) is 10.0 Å². The summed E-state index contributed by atoms with van der Waals surface area (Å²) in [6, 6.07) is 7.88. The lowest BCUT2D eigenvalue weighted by molar-refractivity contribution is -0.139. The highest BCUT2D eigenvalue weighted by atomic mass is 35.5.